The summed E-state index contributed by atoms with van der Waals surface area (Å²) in [4.78, 5) is 44.8. The molecule has 4 aliphatic heterocycles. The van der Waals surface area contributed by atoms with Crippen LogP contribution < -0.4 is 9.80 Å². The Morgan fingerprint density at radius 2 is 1.90 bits per heavy atom. The van der Waals surface area contributed by atoms with Crippen LogP contribution >= 0.6 is 0 Å². The highest BCUT2D eigenvalue weighted by Gasteiger charge is 2.66. The molecule has 0 saturated carbocycles. The predicted octanol–water partition coefficient (Wildman–Crippen LogP) is 3.73. The van der Waals surface area contributed by atoms with Crippen molar-refractivity contribution in [1.29, 1.82) is 0 Å². The Labute approximate surface area is 240 Å². The fourth-order valence-corrected chi connectivity index (χ4v) is 9.96. The molecule has 5 atom stereocenters. The molecule has 1 spiro atoms. The molecule has 4 heterocycles. The molecule has 9 nitrogen and oxygen atoms in total. The molecule has 0 unspecified atom stereocenters. The summed E-state index contributed by atoms with van der Waals surface area (Å²) in [7, 11) is -1.80. The van der Waals surface area contributed by atoms with Crippen molar-refractivity contribution >= 4 is 37.7 Å². The highest BCUT2D eigenvalue weighted by molar-refractivity contribution is 6.72. The van der Waals surface area contributed by atoms with E-state index in [2.05, 4.69) is 0 Å². The second-order valence-electron chi connectivity index (χ2n) is 12.1. The van der Waals surface area contributed by atoms with Crippen LogP contribution in [-0.2, 0) is 37.6 Å². The molecule has 0 aliphatic carbocycles. The number of hydrogen-bond acceptors (Lipinski definition) is 6. The van der Waals surface area contributed by atoms with Gasteiger partial charge in [-0.15, -0.1) is 0 Å². The fourth-order valence-electron chi connectivity index (χ4n) is 7.47. The van der Waals surface area contributed by atoms with E-state index in [0.29, 0.717) is 36.4 Å². The van der Waals surface area contributed by atoms with Gasteiger partial charge in [-0.1, -0.05) is 31.2 Å². The van der Waals surface area contributed by atoms with E-state index in [-0.39, 0.29) is 37.5 Å². The lowest BCUT2D eigenvalue weighted by molar-refractivity contribution is -0.150. The van der Waals surface area contributed by atoms with E-state index >= 15 is 4.11 Å². The summed E-state index contributed by atoms with van der Waals surface area (Å²) in [5.41, 5.74) is 1.79. The van der Waals surface area contributed by atoms with Crippen LogP contribution in [0.15, 0.2) is 42.5 Å². The molecular formula is C30H36FN3O6Si. The summed E-state index contributed by atoms with van der Waals surface area (Å²) >= 11 is 0. The number of cyclic esters (lactones) is 1. The summed E-state index contributed by atoms with van der Waals surface area (Å²) < 4.78 is 27.9. The molecule has 2 saturated heterocycles. The van der Waals surface area contributed by atoms with Crippen LogP contribution in [-0.4, -0.2) is 75.3 Å². The lowest BCUT2D eigenvalue weighted by Gasteiger charge is -2.37. The maximum atomic E-state index is 16.1. The number of carbonyl (C=O) groups excluding carboxylic acids is 3. The average Bonchev–Trinajstić information content (AvgIpc) is 3.57. The summed E-state index contributed by atoms with van der Waals surface area (Å²) in [6.07, 6.45) is -0.850. The van der Waals surface area contributed by atoms with Gasteiger partial charge in [-0.05, 0) is 48.8 Å². The van der Waals surface area contributed by atoms with Crippen LogP contribution in [0.1, 0.15) is 30.0 Å². The number of rotatable bonds is 5. The van der Waals surface area contributed by atoms with Gasteiger partial charge in [-0.3, -0.25) is 14.5 Å². The Bertz CT molecular complexity index is 1410. The third-order valence-electron chi connectivity index (χ3n) is 9.41. The SMILES string of the molecule is C[C@@H]1[C@@H]([Si](C)(C)F)[C@H](CC(=O)N2Cc3ccccc3C[C@H]2CO)O[C@@]12C(=O)N(C)c1ccc(N3CCOC3=O)cc12. The van der Waals surface area contributed by atoms with Crippen LogP contribution in [0.4, 0.5) is 20.3 Å². The highest BCUT2D eigenvalue weighted by atomic mass is 28.4. The van der Waals surface area contributed by atoms with Gasteiger partial charge in [0.15, 0.2) is 5.60 Å². The molecule has 0 bridgehead atoms. The molecule has 11 heteroatoms. The largest absolute Gasteiger partial charge is 0.447 e. The van der Waals surface area contributed by atoms with Gasteiger partial charge in [0.1, 0.15) is 6.61 Å². The van der Waals surface area contributed by atoms with Crippen molar-refractivity contribution in [3.8, 4) is 0 Å². The molecule has 6 rings (SSSR count). The lowest BCUT2D eigenvalue weighted by atomic mass is 9.82. The zero-order valence-corrected chi connectivity index (χ0v) is 24.8. The number of amides is 3. The molecule has 41 heavy (non-hydrogen) atoms. The first-order valence-corrected chi connectivity index (χ1v) is 17.1. The first kappa shape index (κ1) is 27.9. The monoisotopic (exact) mass is 581 g/mol. The second-order valence-corrected chi connectivity index (χ2v) is 15.9. The lowest BCUT2D eigenvalue weighted by Crippen LogP contribution is -2.48. The van der Waals surface area contributed by atoms with Crippen molar-refractivity contribution < 1.29 is 33.1 Å². The number of aliphatic hydroxyl groups is 1. The Morgan fingerprint density at radius 1 is 1.17 bits per heavy atom. The second kappa shape index (κ2) is 9.92. The van der Waals surface area contributed by atoms with E-state index < -0.39 is 37.7 Å². The number of nitrogens with zero attached hydrogens (tertiary/aromatic N) is 3. The van der Waals surface area contributed by atoms with Crippen LogP contribution in [0.5, 0.6) is 0 Å². The Balaban J connectivity index is 1.36. The molecule has 2 aromatic carbocycles. The summed E-state index contributed by atoms with van der Waals surface area (Å²) in [5, 5.41) is 10.1. The van der Waals surface area contributed by atoms with Gasteiger partial charge in [-0.25, -0.2) is 4.79 Å². The third-order valence-corrected chi connectivity index (χ3v) is 11.9. The Kier molecular flexibility index (Phi) is 6.74. The van der Waals surface area contributed by atoms with E-state index in [1.165, 1.54) is 9.80 Å². The number of halogens is 1. The number of anilines is 2. The van der Waals surface area contributed by atoms with Gasteiger partial charge in [0.25, 0.3) is 5.91 Å². The maximum absolute atomic E-state index is 16.1. The van der Waals surface area contributed by atoms with Crippen molar-refractivity contribution in [3.63, 3.8) is 0 Å². The van der Waals surface area contributed by atoms with E-state index in [9.17, 15) is 19.5 Å². The van der Waals surface area contributed by atoms with Crippen LogP contribution in [0.2, 0.25) is 18.6 Å². The van der Waals surface area contributed by atoms with Gasteiger partial charge < -0.3 is 28.5 Å². The number of aliphatic hydroxyl groups excluding tert-OH is 1. The summed E-state index contributed by atoms with van der Waals surface area (Å²) in [5.74, 6) is -1.09. The fraction of sp³-hybridized carbons (Fsp3) is 0.500. The molecule has 2 aromatic rings. The van der Waals surface area contributed by atoms with E-state index in [1.54, 1.807) is 43.2 Å². The molecule has 218 valence electrons. The molecule has 4 aliphatic rings. The molecule has 0 radical (unpaired) electrons. The van der Waals surface area contributed by atoms with E-state index in [4.69, 9.17) is 9.47 Å². The average molecular weight is 582 g/mol. The van der Waals surface area contributed by atoms with Crippen molar-refractivity contribution in [2.45, 2.75) is 62.7 Å². The minimum atomic E-state index is -3.47. The first-order valence-electron chi connectivity index (χ1n) is 14.2. The van der Waals surface area contributed by atoms with Gasteiger partial charge in [0.2, 0.25) is 14.3 Å². The van der Waals surface area contributed by atoms with Crippen LogP contribution in [0.25, 0.3) is 0 Å². The quantitative estimate of drug-likeness (QED) is 0.427. The Morgan fingerprint density at radius 3 is 2.56 bits per heavy atom. The summed E-state index contributed by atoms with van der Waals surface area (Å²) in [6.45, 7) is 5.88. The number of likely N-dealkylation sites (N-methyl/N-ethyl adjacent to an activating group) is 1. The molecule has 1 N–H and O–H groups in total. The van der Waals surface area contributed by atoms with Crippen molar-refractivity contribution in [3.05, 3.63) is 59.2 Å². The zero-order valence-electron chi connectivity index (χ0n) is 23.8. The van der Waals surface area contributed by atoms with Crippen molar-refractivity contribution in [2.75, 3.05) is 36.6 Å². The molecular weight excluding hydrogens is 545 g/mol. The molecule has 3 amide bonds. The van der Waals surface area contributed by atoms with Crippen LogP contribution in [0, 0.1) is 5.92 Å². The van der Waals surface area contributed by atoms with Gasteiger partial charge in [0, 0.05) is 36.3 Å². The highest BCUT2D eigenvalue weighted by Crippen LogP contribution is 2.60. The van der Waals surface area contributed by atoms with E-state index in [0.717, 1.165) is 11.1 Å². The first-order chi connectivity index (χ1) is 19.5. The Hall–Kier alpha value is -3.28. The number of ether oxygens (including phenoxy) is 2. The van der Waals surface area contributed by atoms with Crippen molar-refractivity contribution in [1.82, 2.24) is 4.90 Å². The minimum Gasteiger partial charge on any atom is -0.447 e. The number of benzene rings is 2. The van der Waals surface area contributed by atoms with Crippen LogP contribution in [0.3, 0.4) is 0 Å². The van der Waals surface area contributed by atoms with Gasteiger partial charge in [-0.2, -0.15) is 0 Å². The summed E-state index contributed by atoms with van der Waals surface area (Å²) in [6, 6.07) is 12.8. The van der Waals surface area contributed by atoms with Gasteiger partial charge >= 0.3 is 6.09 Å². The van der Waals surface area contributed by atoms with E-state index in [1.807, 2.05) is 31.2 Å². The normalized spacial score (nSPS) is 29.3. The number of fused-ring (bicyclic) bond motifs is 3. The number of hydrogen-bond donors (Lipinski definition) is 1. The zero-order chi connectivity index (χ0) is 29.3. The predicted molar refractivity (Wildman–Crippen MR) is 153 cm³/mol. The van der Waals surface area contributed by atoms with Crippen molar-refractivity contribution in [2.24, 2.45) is 5.92 Å². The molecule has 0 aromatic heterocycles. The molecule has 2 fully saturated rings. The standard InChI is InChI=1S/C30H36FN3O6Si/c1-18-27(41(3,4)31)25(15-26(36)34-16-20-8-6-5-7-19(20)13-22(34)17-35)40-30(18)23-14-21(33-11-12-39-29(33)38)9-10-24(23)32(2)28(30)37/h5-10,14,18,22,25,27,35H,11-13,15-17H2,1-4H3/t18-,22+,25+,27-,30+/m1/s1. The maximum Gasteiger partial charge on any atom is 0.414 e. The number of carbonyl (C=O) groups is 3. The minimum absolute atomic E-state index is 0.0970. The smallest absolute Gasteiger partial charge is 0.414 e. The van der Waals surface area contributed by atoms with Gasteiger partial charge in [0.05, 0.1) is 37.4 Å². The third kappa shape index (κ3) is 4.28. The topological polar surface area (TPSA) is 99.6 Å².